The minimum atomic E-state index is -1.70. The molecule has 0 aliphatic carbocycles. The first-order chi connectivity index (χ1) is 2.00. The molecule has 0 atom stereocenters. The quantitative estimate of drug-likeness (QED) is 0.477. The van der Waals surface area contributed by atoms with E-state index in [2.05, 4.69) is 45.9 Å². The van der Waals surface area contributed by atoms with Crippen molar-refractivity contribution in [1.82, 2.24) is 0 Å². The molecule has 0 nitrogen and oxygen atoms in total. The predicted molar refractivity (Wildman–Crippen MR) is 38.4 cm³/mol. The van der Waals surface area contributed by atoms with Gasteiger partial charge in [-0.05, 0) is 0 Å². The Morgan fingerprint density at radius 1 is 1.20 bits per heavy atom. The lowest BCUT2D eigenvalue weighted by Gasteiger charge is -1.88. The second kappa shape index (κ2) is 2.30. The van der Waals surface area contributed by atoms with Crippen molar-refractivity contribution in [2.45, 2.75) is 0 Å². The van der Waals surface area contributed by atoms with Crippen molar-refractivity contribution in [3.8, 4) is 0 Å². The van der Waals surface area contributed by atoms with Crippen LogP contribution in [0.3, 0.4) is 0 Å². The molecule has 0 aliphatic rings. The van der Waals surface area contributed by atoms with Crippen LogP contribution in [0.4, 0.5) is 0 Å². The second-order valence-corrected chi connectivity index (χ2v) is 27.4. The van der Waals surface area contributed by atoms with E-state index in [0.717, 1.165) is 0 Å². The van der Waals surface area contributed by atoms with Gasteiger partial charge in [0, 0.05) is 0 Å². The van der Waals surface area contributed by atoms with Gasteiger partial charge in [-0.25, -0.2) is 0 Å². The third-order valence-corrected chi connectivity index (χ3v) is 0. The summed E-state index contributed by atoms with van der Waals surface area (Å²) in [5.74, 6) is 0. The van der Waals surface area contributed by atoms with Crippen molar-refractivity contribution in [3.05, 3.63) is 0 Å². The SMILES string of the molecule is Cl[Si](Br)(Br)Br. The number of rotatable bonds is 0. The molecule has 32 valence electrons. The van der Waals surface area contributed by atoms with E-state index in [1.807, 2.05) is 0 Å². The smallest absolute Gasteiger partial charge is 0.123 e. The van der Waals surface area contributed by atoms with Crippen molar-refractivity contribution in [1.29, 1.82) is 0 Å². The Labute approximate surface area is 59.7 Å². The maximum atomic E-state index is 5.42. The van der Waals surface area contributed by atoms with E-state index in [0.29, 0.717) is 0 Å². The Bertz CT molecular complexity index is 22.4. The van der Waals surface area contributed by atoms with Crippen molar-refractivity contribution in [3.63, 3.8) is 0 Å². The molecular weight excluding hydrogens is 303 g/mol. The molecule has 0 unspecified atom stereocenters. The zero-order valence-electron chi connectivity index (χ0n) is 2.01. The van der Waals surface area contributed by atoms with Crippen LogP contribution >= 0.6 is 57.0 Å². The van der Waals surface area contributed by atoms with Crippen molar-refractivity contribution < 1.29 is 0 Å². The van der Waals surface area contributed by atoms with Gasteiger partial charge in [0.1, 0.15) is 0 Å². The maximum absolute atomic E-state index is 5.42. The molecule has 0 aromatic heterocycles. The van der Waals surface area contributed by atoms with Gasteiger partial charge in [-0.1, -0.05) is 45.9 Å². The molecule has 0 aromatic carbocycles. The lowest BCUT2D eigenvalue weighted by atomic mass is 27.9. The van der Waals surface area contributed by atoms with Crippen LogP contribution in [0.2, 0.25) is 0 Å². The molecule has 0 heterocycles. The Hall–Kier alpha value is 1.95. The standard InChI is InChI=1S/Br3ClSi/c1-5(2,3)4. The van der Waals surface area contributed by atoms with E-state index in [9.17, 15) is 0 Å². The minimum absolute atomic E-state index is 1.70. The Morgan fingerprint density at radius 2 is 1.20 bits per heavy atom. The van der Waals surface area contributed by atoms with Crippen LogP contribution in [0.1, 0.15) is 0 Å². The first-order valence-corrected chi connectivity index (χ1v) is 10.5. The van der Waals surface area contributed by atoms with Gasteiger partial charge in [-0.2, -0.15) is 0 Å². The zero-order valence-corrected chi connectivity index (χ0v) is 8.53. The molecule has 0 N–H and O–H groups in total. The van der Waals surface area contributed by atoms with Crippen LogP contribution in [0.25, 0.3) is 0 Å². The van der Waals surface area contributed by atoms with E-state index < -0.39 is 3.24 Å². The third-order valence-electron chi connectivity index (χ3n) is 0. The summed E-state index contributed by atoms with van der Waals surface area (Å²) < 4.78 is -1.70. The normalized spacial score (nSPS) is 12.0. The molecule has 0 rings (SSSR count). The van der Waals surface area contributed by atoms with Gasteiger partial charge in [0.15, 0.2) is 0 Å². The molecule has 0 fully saturated rings. The highest BCUT2D eigenvalue weighted by Gasteiger charge is 2.15. The highest BCUT2D eigenvalue weighted by Crippen LogP contribution is 2.30. The zero-order chi connectivity index (χ0) is 4.50. The fraction of sp³-hybridized carbons (Fsp3) is 0. The van der Waals surface area contributed by atoms with Crippen LogP contribution < -0.4 is 0 Å². The molecule has 0 radical (unpaired) electrons. The fourth-order valence-corrected chi connectivity index (χ4v) is 0. The van der Waals surface area contributed by atoms with Crippen LogP contribution in [-0.4, -0.2) is 3.24 Å². The average Bonchev–Trinajstić information content (AvgIpc) is 0.722. The lowest BCUT2D eigenvalue weighted by molar-refractivity contribution is 4.40. The predicted octanol–water partition coefficient (Wildman–Crippen LogP) is 2.85. The van der Waals surface area contributed by atoms with E-state index in [1.54, 1.807) is 0 Å². The van der Waals surface area contributed by atoms with Gasteiger partial charge in [-0.3, -0.25) is 0 Å². The number of hydrogen-bond donors (Lipinski definition) is 0. The fourth-order valence-electron chi connectivity index (χ4n) is 0. The highest BCUT2D eigenvalue weighted by atomic mass is 80.0. The van der Waals surface area contributed by atoms with Gasteiger partial charge in [0.2, 0.25) is 0 Å². The summed E-state index contributed by atoms with van der Waals surface area (Å²) in [6.07, 6.45) is 0. The Balaban J connectivity index is 3.02. The van der Waals surface area contributed by atoms with Gasteiger partial charge in [0.05, 0.1) is 0 Å². The molecule has 0 amide bonds. The van der Waals surface area contributed by atoms with Crippen LogP contribution in [-0.2, 0) is 0 Å². The molecule has 0 spiro atoms. The summed E-state index contributed by atoms with van der Waals surface area (Å²) in [5.41, 5.74) is 0. The van der Waals surface area contributed by atoms with E-state index >= 15 is 0 Å². The largest absolute Gasteiger partial charge is 0.361 e. The van der Waals surface area contributed by atoms with Crippen molar-refractivity contribution in [2.75, 3.05) is 0 Å². The molecule has 0 bridgehead atoms. The Kier molecular flexibility index (Phi) is 3.20. The third kappa shape index (κ3) is 24.4. The molecule has 5 heavy (non-hydrogen) atoms. The summed E-state index contributed by atoms with van der Waals surface area (Å²) >= 11 is 14.8. The number of halogens is 4. The van der Waals surface area contributed by atoms with E-state index in [-0.39, 0.29) is 0 Å². The Morgan fingerprint density at radius 3 is 1.20 bits per heavy atom. The van der Waals surface area contributed by atoms with Crippen LogP contribution in [0, 0.1) is 0 Å². The minimum Gasteiger partial charge on any atom is -0.123 e. The number of hydrogen-bond acceptors (Lipinski definition) is 0. The molecule has 0 aromatic rings. The van der Waals surface area contributed by atoms with Crippen LogP contribution in [0.5, 0.6) is 0 Å². The summed E-state index contributed by atoms with van der Waals surface area (Å²) in [6, 6.07) is 0. The topological polar surface area (TPSA) is 0 Å². The molecular formula is Br3ClSi. The van der Waals surface area contributed by atoms with Gasteiger partial charge in [0.25, 0.3) is 0 Å². The van der Waals surface area contributed by atoms with Gasteiger partial charge in [-0.15, -0.1) is 11.1 Å². The first-order valence-electron chi connectivity index (χ1n) is 0.756. The molecule has 0 aliphatic heterocycles. The summed E-state index contributed by atoms with van der Waals surface area (Å²) in [5, 5.41) is 0. The lowest BCUT2D eigenvalue weighted by Crippen LogP contribution is -1.87. The molecule has 0 saturated heterocycles. The van der Waals surface area contributed by atoms with Crippen molar-refractivity contribution in [2.24, 2.45) is 0 Å². The summed E-state index contributed by atoms with van der Waals surface area (Å²) in [6.45, 7) is 0. The monoisotopic (exact) mass is 300 g/mol. The first kappa shape index (κ1) is 6.95. The van der Waals surface area contributed by atoms with Crippen molar-refractivity contribution >= 4 is 60.2 Å². The van der Waals surface area contributed by atoms with Crippen LogP contribution in [0.15, 0.2) is 0 Å². The average molecular weight is 303 g/mol. The van der Waals surface area contributed by atoms with Gasteiger partial charge >= 0.3 is 3.24 Å². The summed E-state index contributed by atoms with van der Waals surface area (Å²) in [4.78, 5) is 0. The molecule has 0 saturated carbocycles. The van der Waals surface area contributed by atoms with Gasteiger partial charge < -0.3 is 0 Å². The highest BCUT2D eigenvalue weighted by molar-refractivity contribution is 9.74. The summed E-state index contributed by atoms with van der Waals surface area (Å²) in [7, 11) is 0. The second-order valence-electron chi connectivity index (χ2n) is 0.429. The van der Waals surface area contributed by atoms with E-state index in [4.69, 9.17) is 11.1 Å². The van der Waals surface area contributed by atoms with E-state index in [1.165, 1.54) is 0 Å². The molecule has 5 heteroatoms. The maximum Gasteiger partial charge on any atom is 0.361 e.